The molecule has 1 atom stereocenters. The van der Waals surface area contributed by atoms with Crippen molar-refractivity contribution in [3.05, 3.63) is 75.4 Å². The smallest absolute Gasteiger partial charge is 0.232 e. The molecule has 1 saturated heterocycles. The highest BCUT2D eigenvalue weighted by Crippen LogP contribution is 2.40. The number of carbonyl (C=O) groups excluding carboxylic acids is 1. The Bertz CT molecular complexity index is 1190. The lowest BCUT2D eigenvalue weighted by Gasteiger charge is -2.33. The van der Waals surface area contributed by atoms with E-state index < -0.39 is 5.41 Å². The fraction of sp³-hybridized carbons (Fsp3) is 0.346. The topological polar surface area (TPSA) is 71.2 Å². The maximum Gasteiger partial charge on any atom is 0.232 e. The van der Waals surface area contributed by atoms with Crippen molar-refractivity contribution < 1.29 is 9.53 Å². The van der Waals surface area contributed by atoms with Crippen molar-refractivity contribution in [1.29, 1.82) is 5.26 Å². The van der Waals surface area contributed by atoms with Crippen LogP contribution >= 0.6 is 22.6 Å². The van der Waals surface area contributed by atoms with Gasteiger partial charge >= 0.3 is 0 Å². The van der Waals surface area contributed by atoms with Crippen LogP contribution in [0.15, 0.2) is 55.1 Å². The number of aromatic nitrogens is 2. The molecule has 2 aromatic carbocycles. The molecule has 1 amide bonds. The number of hydrogen-bond donors (Lipinski definition) is 0. The average Bonchev–Trinajstić information content (AvgIpc) is 3.28. The number of amides is 1. The fourth-order valence-electron chi connectivity index (χ4n) is 4.58. The number of nitriles is 1. The summed E-state index contributed by atoms with van der Waals surface area (Å²) in [6, 6.07) is 13.9. The van der Waals surface area contributed by atoms with Crippen LogP contribution in [-0.4, -0.2) is 34.0 Å². The van der Waals surface area contributed by atoms with Crippen molar-refractivity contribution >= 4 is 28.5 Å². The van der Waals surface area contributed by atoms with Gasteiger partial charge in [0.05, 0.1) is 20.9 Å². The van der Waals surface area contributed by atoms with Crippen LogP contribution < -0.4 is 4.74 Å². The van der Waals surface area contributed by atoms with Gasteiger partial charge in [-0.3, -0.25) is 4.79 Å². The predicted octanol–water partition coefficient (Wildman–Crippen LogP) is 5.49. The zero-order valence-corrected chi connectivity index (χ0v) is 21.1. The number of ether oxygens (including phenoxy) is 1. The Morgan fingerprint density at radius 1 is 1.21 bits per heavy atom. The van der Waals surface area contributed by atoms with Crippen molar-refractivity contribution in [1.82, 2.24) is 14.5 Å². The van der Waals surface area contributed by atoms with Gasteiger partial charge in [0.1, 0.15) is 17.6 Å². The number of likely N-dealkylation sites (tertiary alicyclic amines) is 1. The monoisotopic (exact) mass is 554 g/mol. The zero-order chi connectivity index (χ0) is 23.4. The van der Waals surface area contributed by atoms with Gasteiger partial charge in [0.2, 0.25) is 5.91 Å². The molecule has 1 aromatic heterocycles. The average molecular weight is 554 g/mol. The molecule has 6 nitrogen and oxygen atoms in total. The SMILES string of the molecule is CC[C@@]1(c2ccc(I)c(Oc3cc(Cn4ccnc4)ccc3C#N)c2)CCCCN(C)C1=O. The highest BCUT2D eigenvalue weighted by molar-refractivity contribution is 14.1. The number of hydrogen-bond acceptors (Lipinski definition) is 4. The second kappa shape index (κ2) is 9.96. The van der Waals surface area contributed by atoms with Gasteiger partial charge in [-0.05, 0) is 77.2 Å². The first kappa shape index (κ1) is 23.3. The van der Waals surface area contributed by atoms with Gasteiger partial charge in [-0.25, -0.2) is 4.98 Å². The van der Waals surface area contributed by atoms with Gasteiger partial charge in [0.15, 0.2) is 0 Å². The molecule has 0 N–H and O–H groups in total. The molecular weight excluding hydrogens is 527 g/mol. The minimum absolute atomic E-state index is 0.176. The van der Waals surface area contributed by atoms with Crippen LogP contribution in [0.25, 0.3) is 0 Å². The van der Waals surface area contributed by atoms with E-state index in [2.05, 4.69) is 46.6 Å². The quantitative estimate of drug-likeness (QED) is 0.378. The number of halogens is 1. The van der Waals surface area contributed by atoms with Gasteiger partial charge in [-0.15, -0.1) is 0 Å². The summed E-state index contributed by atoms with van der Waals surface area (Å²) in [5, 5.41) is 9.65. The van der Waals surface area contributed by atoms with Crippen LogP contribution in [0.1, 0.15) is 49.3 Å². The van der Waals surface area contributed by atoms with E-state index in [4.69, 9.17) is 4.74 Å². The molecule has 7 heteroatoms. The van der Waals surface area contributed by atoms with Crippen molar-refractivity contribution in [3.8, 4) is 17.6 Å². The van der Waals surface area contributed by atoms with Crippen LogP contribution in [0.4, 0.5) is 0 Å². The number of benzene rings is 2. The van der Waals surface area contributed by atoms with Gasteiger partial charge in [0, 0.05) is 32.5 Å². The molecule has 0 aliphatic carbocycles. The summed E-state index contributed by atoms with van der Waals surface area (Å²) in [5.74, 6) is 1.35. The van der Waals surface area contributed by atoms with Gasteiger partial charge in [-0.2, -0.15) is 5.26 Å². The molecule has 2 heterocycles. The molecule has 1 fully saturated rings. The van der Waals surface area contributed by atoms with Crippen molar-refractivity contribution in [3.63, 3.8) is 0 Å². The molecule has 0 radical (unpaired) electrons. The highest BCUT2D eigenvalue weighted by Gasteiger charge is 2.41. The number of likely N-dealkylation sites (N-methyl/N-ethyl adjacent to an activating group) is 1. The molecule has 0 unspecified atom stereocenters. The van der Waals surface area contributed by atoms with E-state index >= 15 is 0 Å². The van der Waals surface area contributed by atoms with Crippen molar-refractivity contribution in [2.24, 2.45) is 0 Å². The Labute approximate surface area is 208 Å². The van der Waals surface area contributed by atoms with E-state index in [1.54, 1.807) is 18.6 Å². The van der Waals surface area contributed by atoms with Crippen LogP contribution in [0.2, 0.25) is 0 Å². The third-order valence-electron chi connectivity index (χ3n) is 6.50. The molecule has 33 heavy (non-hydrogen) atoms. The maximum absolute atomic E-state index is 13.4. The minimum Gasteiger partial charge on any atom is -0.455 e. The molecule has 3 aromatic rings. The van der Waals surface area contributed by atoms with E-state index in [1.165, 1.54) is 0 Å². The second-order valence-electron chi connectivity index (χ2n) is 8.54. The van der Waals surface area contributed by atoms with Gasteiger partial charge in [-0.1, -0.05) is 25.5 Å². The van der Waals surface area contributed by atoms with Gasteiger partial charge in [0.25, 0.3) is 0 Å². The Hall–Kier alpha value is -2.86. The first-order valence-corrected chi connectivity index (χ1v) is 12.3. The molecule has 1 aliphatic heterocycles. The van der Waals surface area contributed by atoms with Crippen LogP contribution in [0, 0.1) is 14.9 Å². The maximum atomic E-state index is 13.4. The van der Waals surface area contributed by atoms with Gasteiger partial charge < -0.3 is 14.2 Å². The third-order valence-corrected chi connectivity index (χ3v) is 7.39. The summed E-state index contributed by atoms with van der Waals surface area (Å²) in [6.45, 7) is 3.52. The Morgan fingerprint density at radius 3 is 2.79 bits per heavy atom. The molecular formula is C26H27IN4O2. The molecule has 170 valence electrons. The van der Waals surface area contributed by atoms with Crippen LogP contribution in [-0.2, 0) is 16.8 Å². The molecule has 0 saturated carbocycles. The molecule has 0 spiro atoms. The van der Waals surface area contributed by atoms with Crippen molar-refractivity contribution in [2.75, 3.05) is 13.6 Å². The summed E-state index contributed by atoms with van der Waals surface area (Å²) in [5.41, 5.74) is 1.92. The van der Waals surface area contributed by atoms with E-state index in [9.17, 15) is 10.1 Å². The second-order valence-corrected chi connectivity index (χ2v) is 9.71. The van der Waals surface area contributed by atoms with Crippen molar-refractivity contribution in [2.45, 2.75) is 44.6 Å². The third kappa shape index (κ3) is 4.76. The van der Waals surface area contributed by atoms with Crippen LogP contribution in [0.3, 0.4) is 0 Å². The summed E-state index contributed by atoms with van der Waals surface area (Å²) >= 11 is 2.24. The summed E-state index contributed by atoms with van der Waals surface area (Å²) in [4.78, 5) is 19.3. The summed E-state index contributed by atoms with van der Waals surface area (Å²) < 4.78 is 9.22. The highest BCUT2D eigenvalue weighted by atomic mass is 127. The lowest BCUT2D eigenvalue weighted by atomic mass is 9.73. The van der Waals surface area contributed by atoms with E-state index in [0.717, 1.165) is 46.9 Å². The standard InChI is InChI=1S/C26H27IN4O2/c1-3-26(10-4-5-12-30(2)25(26)32)21-8-9-22(27)24(15-21)33-23-14-19(6-7-20(23)16-28)17-31-13-11-29-18-31/h6-9,11,13-15,18H,3-5,10,12,17H2,1-2H3/t26-/m0/s1. The molecule has 4 rings (SSSR count). The summed E-state index contributed by atoms with van der Waals surface area (Å²) in [6.07, 6.45) is 9.00. The first-order chi connectivity index (χ1) is 16.0. The van der Waals surface area contributed by atoms with E-state index in [-0.39, 0.29) is 5.91 Å². The predicted molar refractivity (Wildman–Crippen MR) is 135 cm³/mol. The lowest BCUT2D eigenvalue weighted by Crippen LogP contribution is -2.43. The van der Waals surface area contributed by atoms with Crippen LogP contribution in [0.5, 0.6) is 11.5 Å². The fourth-order valence-corrected chi connectivity index (χ4v) is 5.03. The number of nitrogens with zero attached hydrogens (tertiary/aromatic N) is 4. The number of rotatable bonds is 6. The lowest BCUT2D eigenvalue weighted by molar-refractivity contribution is -0.135. The first-order valence-electron chi connectivity index (χ1n) is 11.2. The Balaban J connectivity index is 1.70. The zero-order valence-electron chi connectivity index (χ0n) is 18.9. The Kier molecular flexibility index (Phi) is 7.03. The largest absolute Gasteiger partial charge is 0.455 e. The molecule has 1 aliphatic rings. The minimum atomic E-state index is -0.547. The number of imidazole rings is 1. The number of carbonyl (C=O) groups is 1. The van der Waals surface area contributed by atoms with E-state index in [1.807, 2.05) is 47.0 Å². The summed E-state index contributed by atoms with van der Waals surface area (Å²) in [7, 11) is 1.90. The molecule has 0 bridgehead atoms. The normalized spacial score (nSPS) is 18.6. The Morgan fingerprint density at radius 2 is 2.06 bits per heavy atom. The van der Waals surface area contributed by atoms with E-state index in [0.29, 0.717) is 23.6 Å².